The molecule has 0 saturated carbocycles. The Morgan fingerprint density at radius 2 is 1.81 bits per heavy atom. The summed E-state index contributed by atoms with van der Waals surface area (Å²) < 4.78 is 32.3. The Morgan fingerprint density at radius 3 is 2.42 bits per heavy atom. The standard InChI is InChI=1S/C18H27N3O4S/c1-20-11-7-14(8-12-20)19-18(22)16-13-15(5-6-17(16)25-2)26(23,24)21-9-3-4-10-21/h5-6,13-14H,3-4,7-12H2,1-2H3,(H,19,22). The van der Waals surface area contributed by atoms with Gasteiger partial charge >= 0.3 is 0 Å². The Bertz CT molecular complexity index is 752. The van der Waals surface area contributed by atoms with Crippen LogP contribution in [0.25, 0.3) is 0 Å². The molecule has 0 unspecified atom stereocenters. The van der Waals surface area contributed by atoms with Crippen LogP contribution in [0, 0.1) is 0 Å². The summed E-state index contributed by atoms with van der Waals surface area (Å²) in [6.07, 6.45) is 3.52. The van der Waals surface area contributed by atoms with Crippen LogP contribution in [0.1, 0.15) is 36.0 Å². The van der Waals surface area contributed by atoms with Crippen molar-refractivity contribution in [1.29, 1.82) is 0 Å². The molecule has 2 saturated heterocycles. The van der Waals surface area contributed by atoms with E-state index < -0.39 is 10.0 Å². The third-order valence-corrected chi connectivity index (χ3v) is 7.07. The number of carbonyl (C=O) groups is 1. The van der Waals surface area contributed by atoms with E-state index in [0.717, 1.165) is 38.8 Å². The van der Waals surface area contributed by atoms with Crippen molar-refractivity contribution in [2.24, 2.45) is 0 Å². The molecular formula is C18H27N3O4S. The Hall–Kier alpha value is -1.64. The molecule has 144 valence electrons. The summed E-state index contributed by atoms with van der Waals surface area (Å²) >= 11 is 0. The highest BCUT2D eigenvalue weighted by Crippen LogP contribution is 2.26. The van der Waals surface area contributed by atoms with Crippen molar-refractivity contribution in [2.45, 2.75) is 36.6 Å². The first-order valence-corrected chi connectivity index (χ1v) is 10.5. The van der Waals surface area contributed by atoms with E-state index >= 15 is 0 Å². The maximum atomic E-state index is 12.8. The summed E-state index contributed by atoms with van der Waals surface area (Å²) in [6, 6.07) is 4.62. The summed E-state index contributed by atoms with van der Waals surface area (Å²) in [5.41, 5.74) is 0.270. The predicted octanol–water partition coefficient (Wildman–Crippen LogP) is 1.30. The van der Waals surface area contributed by atoms with E-state index in [-0.39, 0.29) is 22.4 Å². The highest BCUT2D eigenvalue weighted by molar-refractivity contribution is 7.89. The van der Waals surface area contributed by atoms with Crippen molar-refractivity contribution in [3.8, 4) is 5.75 Å². The highest BCUT2D eigenvalue weighted by atomic mass is 32.2. The summed E-state index contributed by atoms with van der Waals surface area (Å²) in [5, 5.41) is 3.02. The number of methoxy groups -OCH3 is 1. The molecule has 1 aromatic carbocycles. The number of benzene rings is 1. The Kier molecular flexibility index (Phi) is 5.84. The number of ether oxygens (including phenoxy) is 1. The fourth-order valence-corrected chi connectivity index (χ4v) is 5.06. The number of hydrogen-bond donors (Lipinski definition) is 1. The van der Waals surface area contributed by atoms with Gasteiger partial charge in [0.1, 0.15) is 5.75 Å². The van der Waals surface area contributed by atoms with E-state index in [1.807, 2.05) is 0 Å². The van der Waals surface area contributed by atoms with Crippen molar-refractivity contribution in [2.75, 3.05) is 40.3 Å². The summed E-state index contributed by atoms with van der Waals surface area (Å²) in [5.74, 6) is 0.102. The minimum absolute atomic E-state index is 0.0993. The number of likely N-dealkylation sites (tertiary alicyclic amines) is 1. The minimum atomic E-state index is -3.57. The molecule has 2 heterocycles. The van der Waals surface area contributed by atoms with Gasteiger partial charge in [-0.1, -0.05) is 0 Å². The van der Waals surface area contributed by atoms with Crippen LogP contribution in [0.15, 0.2) is 23.1 Å². The SMILES string of the molecule is COc1ccc(S(=O)(=O)N2CCCC2)cc1C(=O)NC1CCN(C)CC1. The molecule has 0 atom stereocenters. The molecule has 26 heavy (non-hydrogen) atoms. The molecule has 1 amide bonds. The molecule has 0 aromatic heterocycles. The van der Waals surface area contributed by atoms with Gasteiger partial charge in [0, 0.05) is 19.1 Å². The smallest absolute Gasteiger partial charge is 0.255 e. The van der Waals surface area contributed by atoms with E-state index in [2.05, 4.69) is 17.3 Å². The van der Waals surface area contributed by atoms with Crippen LogP contribution in [-0.2, 0) is 10.0 Å². The first-order valence-electron chi connectivity index (χ1n) is 9.09. The molecule has 1 N–H and O–H groups in total. The molecule has 1 aromatic rings. The van der Waals surface area contributed by atoms with E-state index in [4.69, 9.17) is 4.74 Å². The van der Waals surface area contributed by atoms with Crippen molar-refractivity contribution in [1.82, 2.24) is 14.5 Å². The average Bonchev–Trinajstić information content (AvgIpc) is 3.18. The van der Waals surface area contributed by atoms with Crippen molar-refractivity contribution in [3.05, 3.63) is 23.8 Å². The Balaban J connectivity index is 1.82. The zero-order chi connectivity index (χ0) is 18.7. The van der Waals surface area contributed by atoms with Gasteiger partial charge < -0.3 is 15.0 Å². The molecule has 8 heteroatoms. The predicted molar refractivity (Wildman–Crippen MR) is 99.0 cm³/mol. The van der Waals surface area contributed by atoms with Crippen LogP contribution in [0.5, 0.6) is 5.75 Å². The highest BCUT2D eigenvalue weighted by Gasteiger charge is 2.29. The second kappa shape index (κ2) is 7.94. The molecular weight excluding hydrogens is 354 g/mol. The van der Waals surface area contributed by atoms with E-state index in [1.165, 1.54) is 23.5 Å². The number of sulfonamides is 1. The quantitative estimate of drug-likeness (QED) is 0.832. The van der Waals surface area contributed by atoms with E-state index in [9.17, 15) is 13.2 Å². The number of amides is 1. The van der Waals surface area contributed by atoms with Crippen LogP contribution < -0.4 is 10.1 Å². The summed E-state index contributed by atoms with van der Waals surface area (Å²) in [6.45, 7) is 2.94. The topological polar surface area (TPSA) is 79.0 Å². The maximum absolute atomic E-state index is 12.8. The molecule has 3 rings (SSSR count). The summed E-state index contributed by atoms with van der Waals surface area (Å²) in [4.78, 5) is 15.1. The number of nitrogens with zero attached hydrogens (tertiary/aromatic N) is 2. The third kappa shape index (κ3) is 4.02. The lowest BCUT2D eigenvalue weighted by molar-refractivity contribution is 0.0913. The first-order chi connectivity index (χ1) is 12.4. The number of hydrogen-bond acceptors (Lipinski definition) is 5. The summed E-state index contributed by atoms with van der Waals surface area (Å²) in [7, 11) is -0.0232. The average molecular weight is 381 g/mol. The zero-order valence-corrected chi connectivity index (χ0v) is 16.2. The maximum Gasteiger partial charge on any atom is 0.255 e. The fraction of sp³-hybridized carbons (Fsp3) is 0.611. The lowest BCUT2D eigenvalue weighted by Crippen LogP contribution is -2.43. The molecule has 2 aliphatic rings. The van der Waals surface area contributed by atoms with Crippen LogP contribution >= 0.6 is 0 Å². The van der Waals surface area contributed by atoms with Crippen LogP contribution in [0.3, 0.4) is 0 Å². The van der Waals surface area contributed by atoms with Gasteiger partial charge in [0.05, 0.1) is 17.6 Å². The van der Waals surface area contributed by atoms with E-state index in [0.29, 0.717) is 18.8 Å². The number of carbonyl (C=O) groups excluding carboxylic acids is 1. The zero-order valence-electron chi connectivity index (χ0n) is 15.4. The van der Waals surface area contributed by atoms with Gasteiger partial charge in [0.25, 0.3) is 5.91 Å². The van der Waals surface area contributed by atoms with Crippen LogP contribution in [0.4, 0.5) is 0 Å². The fourth-order valence-electron chi connectivity index (χ4n) is 3.52. The second-order valence-corrected chi connectivity index (χ2v) is 8.96. The van der Waals surface area contributed by atoms with Crippen molar-refractivity contribution < 1.29 is 17.9 Å². The van der Waals surface area contributed by atoms with Crippen LogP contribution in [0.2, 0.25) is 0 Å². The molecule has 2 aliphatic heterocycles. The molecule has 0 spiro atoms. The molecule has 0 aliphatic carbocycles. The number of rotatable bonds is 5. The lowest BCUT2D eigenvalue weighted by atomic mass is 10.0. The van der Waals surface area contributed by atoms with Gasteiger partial charge in [-0.15, -0.1) is 0 Å². The first kappa shape index (κ1) is 19.1. The Morgan fingerprint density at radius 1 is 1.15 bits per heavy atom. The van der Waals surface area contributed by atoms with Crippen LogP contribution in [-0.4, -0.2) is 69.9 Å². The van der Waals surface area contributed by atoms with Gasteiger partial charge in [-0.3, -0.25) is 4.79 Å². The number of nitrogens with one attached hydrogen (secondary N) is 1. The number of piperidine rings is 1. The molecule has 7 nitrogen and oxygen atoms in total. The third-order valence-electron chi connectivity index (χ3n) is 5.17. The molecule has 0 radical (unpaired) electrons. The largest absolute Gasteiger partial charge is 0.496 e. The van der Waals surface area contributed by atoms with E-state index in [1.54, 1.807) is 6.07 Å². The Labute approximate surface area is 155 Å². The van der Waals surface area contributed by atoms with Gasteiger partial charge in [-0.05, 0) is 64.0 Å². The van der Waals surface area contributed by atoms with Gasteiger partial charge in [0.2, 0.25) is 10.0 Å². The molecule has 0 bridgehead atoms. The minimum Gasteiger partial charge on any atom is -0.496 e. The van der Waals surface area contributed by atoms with Gasteiger partial charge in [-0.2, -0.15) is 4.31 Å². The van der Waals surface area contributed by atoms with Crippen molar-refractivity contribution >= 4 is 15.9 Å². The monoisotopic (exact) mass is 381 g/mol. The second-order valence-electron chi connectivity index (χ2n) is 7.02. The lowest BCUT2D eigenvalue weighted by Gasteiger charge is -2.29. The normalized spacial score (nSPS) is 20.2. The van der Waals surface area contributed by atoms with Crippen molar-refractivity contribution in [3.63, 3.8) is 0 Å². The van der Waals surface area contributed by atoms with Gasteiger partial charge in [-0.25, -0.2) is 8.42 Å². The van der Waals surface area contributed by atoms with Gasteiger partial charge in [0.15, 0.2) is 0 Å². The molecule has 2 fully saturated rings.